The third-order valence-corrected chi connectivity index (χ3v) is 8.14. The van der Waals surface area contributed by atoms with E-state index in [0.29, 0.717) is 19.0 Å². The predicted octanol–water partition coefficient (Wildman–Crippen LogP) is 1.75. The third-order valence-electron chi connectivity index (χ3n) is 3.72. The molecule has 0 amide bonds. The fourth-order valence-electron chi connectivity index (χ4n) is 2.30. The first kappa shape index (κ1) is 21.8. The van der Waals surface area contributed by atoms with E-state index in [1.165, 1.54) is 4.88 Å². The van der Waals surface area contributed by atoms with Gasteiger partial charge < -0.3 is 15.7 Å². The van der Waals surface area contributed by atoms with Gasteiger partial charge in [0, 0.05) is 24.4 Å². The number of aliphatic imine (C=N–C) groups is 1. The van der Waals surface area contributed by atoms with Crippen molar-refractivity contribution in [3.63, 3.8) is 0 Å². The molecule has 27 heavy (non-hydrogen) atoms. The van der Waals surface area contributed by atoms with Crippen molar-refractivity contribution in [3.8, 4) is 0 Å². The minimum atomic E-state index is -3.48. The summed E-state index contributed by atoms with van der Waals surface area (Å²) in [6, 6.07) is 3.23. The Balaban J connectivity index is 1.86. The Kier molecular flexibility index (Phi) is 8.21. The first-order chi connectivity index (χ1) is 12.8. The molecule has 0 saturated carbocycles. The Morgan fingerprint density at radius 2 is 2.15 bits per heavy atom. The molecule has 0 aromatic carbocycles. The lowest BCUT2D eigenvalue weighted by Crippen LogP contribution is -2.39. The molecule has 2 aromatic heterocycles. The van der Waals surface area contributed by atoms with Crippen LogP contribution in [0, 0.1) is 13.8 Å². The summed E-state index contributed by atoms with van der Waals surface area (Å²) in [4.78, 5) is 10.0. The number of nitrogens with zero attached hydrogens (tertiary/aromatic N) is 2. The van der Waals surface area contributed by atoms with Crippen LogP contribution >= 0.6 is 22.7 Å². The zero-order valence-corrected chi connectivity index (χ0v) is 18.2. The Hall–Kier alpha value is -1.49. The molecule has 2 heterocycles. The van der Waals surface area contributed by atoms with Crippen molar-refractivity contribution < 1.29 is 13.5 Å². The molecule has 2 rings (SSSR count). The molecule has 1 atom stereocenters. The van der Waals surface area contributed by atoms with Gasteiger partial charge in [0.2, 0.25) is 0 Å². The molecular weight excluding hydrogens is 404 g/mol. The van der Waals surface area contributed by atoms with E-state index in [0.717, 1.165) is 28.5 Å². The van der Waals surface area contributed by atoms with Gasteiger partial charge in [-0.15, -0.1) is 22.7 Å². The highest BCUT2D eigenvalue weighted by atomic mass is 32.2. The zero-order valence-electron chi connectivity index (χ0n) is 15.7. The molecule has 0 spiro atoms. The number of sulfone groups is 1. The number of aryl methyl sites for hydroxylation is 2. The van der Waals surface area contributed by atoms with E-state index in [2.05, 4.69) is 27.5 Å². The molecule has 0 bridgehead atoms. The van der Waals surface area contributed by atoms with E-state index in [9.17, 15) is 13.5 Å². The van der Waals surface area contributed by atoms with E-state index in [4.69, 9.17) is 0 Å². The summed E-state index contributed by atoms with van der Waals surface area (Å²) in [5, 5.41) is 19.1. The average molecular weight is 431 g/mol. The van der Waals surface area contributed by atoms with Crippen LogP contribution < -0.4 is 10.6 Å². The van der Waals surface area contributed by atoms with E-state index >= 15 is 0 Å². The number of hydrogen-bond acceptors (Lipinski definition) is 7. The van der Waals surface area contributed by atoms with Crippen LogP contribution in [0.3, 0.4) is 0 Å². The number of guanidine groups is 1. The standard InChI is InChI=1S/C17H26N4O3S3/c1-4-18-17(19-8-7-15-21-12(2)13(3)26-15)20-10-14(22)11-27(23,24)16-6-5-9-25-16/h5-6,9,14,22H,4,7-8,10-11H2,1-3H3,(H2,18,19,20). The predicted molar refractivity (Wildman–Crippen MR) is 112 cm³/mol. The lowest BCUT2D eigenvalue weighted by Gasteiger charge is -2.12. The number of aliphatic hydroxyl groups is 1. The zero-order chi connectivity index (χ0) is 19.9. The second-order valence-corrected chi connectivity index (χ2v) is 10.5. The number of thiazole rings is 1. The first-order valence-corrected chi connectivity index (χ1v) is 12.1. The van der Waals surface area contributed by atoms with Gasteiger partial charge in [-0.05, 0) is 32.2 Å². The summed E-state index contributed by atoms with van der Waals surface area (Å²) >= 11 is 2.84. The first-order valence-electron chi connectivity index (χ1n) is 8.71. The molecule has 0 aliphatic carbocycles. The fraction of sp³-hybridized carbons (Fsp3) is 0.529. The van der Waals surface area contributed by atoms with Crippen molar-refractivity contribution in [3.05, 3.63) is 33.1 Å². The van der Waals surface area contributed by atoms with Crippen molar-refractivity contribution >= 4 is 38.5 Å². The Labute approximate surface area is 168 Å². The SMILES string of the molecule is CCNC(=NCC(O)CS(=O)(=O)c1cccs1)NCCc1nc(C)c(C)s1. The van der Waals surface area contributed by atoms with Crippen molar-refractivity contribution in [1.82, 2.24) is 15.6 Å². The molecule has 150 valence electrons. The summed E-state index contributed by atoms with van der Waals surface area (Å²) < 4.78 is 24.7. The number of aromatic nitrogens is 1. The lowest BCUT2D eigenvalue weighted by atomic mass is 10.4. The van der Waals surface area contributed by atoms with E-state index < -0.39 is 15.9 Å². The fourth-order valence-corrected chi connectivity index (χ4v) is 5.70. The summed E-state index contributed by atoms with van der Waals surface area (Å²) in [7, 11) is -3.48. The molecule has 0 radical (unpaired) electrons. The smallest absolute Gasteiger partial charge is 0.191 e. The molecule has 3 N–H and O–H groups in total. The van der Waals surface area contributed by atoms with E-state index in [-0.39, 0.29) is 16.5 Å². The van der Waals surface area contributed by atoms with Gasteiger partial charge >= 0.3 is 0 Å². The van der Waals surface area contributed by atoms with Gasteiger partial charge in [-0.2, -0.15) is 0 Å². The molecule has 0 aliphatic heterocycles. The monoisotopic (exact) mass is 430 g/mol. The maximum atomic E-state index is 12.2. The summed E-state index contributed by atoms with van der Waals surface area (Å²) in [5.41, 5.74) is 1.06. The number of hydrogen-bond donors (Lipinski definition) is 3. The molecule has 10 heteroatoms. The minimum Gasteiger partial charge on any atom is -0.390 e. The molecule has 7 nitrogen and oxygen atoms in total. The van der Waals surface area contributed by atoms with Gasteiger partial charge in [-0.3, -0.25) is 4.99 Å². The number of aliphatic hydroxyl groups excluding tert-OH is 1. The van der Waals surface area contributed by atoms with Gasteiger partial charge in [-0.25, -0.2) is 13.4 Å². The summed E-state index contributed by atoms with van der Waals surface area (Å²) in [6.45, 7) is 7.34. The van der Waals surface area contributed by atoms with Crippen LogP contribution in [0.15, 0.2) is 26.7 Å². The van der Waals surface area contributed by atoms with Gasteiger partial charge in [0.25, 0.3) is 0 Å². The van der Waals surface area contributed by atoms with Crippen LogP contribution in [-0.2, 0) is 16.3 Å². The molecule has 1 unspecified atom stereocenters. The highest BCUT2D eigenvalue weighted by Crippen LogP contribution is 2.18. The quantitative estimate of drug-likeness (QED) is 0.414. The van der Waals surface area contributed by atoms with E-state index in [1.54, 1.807) is 28.8 Å². The van der Waals surface area contributed by atoms with Crippen LogP contribution in [0.2, 0.25) is 0 Å². The summed E-state index contributed by atoms with van der Waals surface area (Å²) in [5.74, 6) is 0.212. The van der Waals surface area contributed by atoms with Crippen LogP contribution in [0.1, 0.15) is 22.5 Å². The average Bonchev–Trinajstić information content (AvgIpc) is 3.23. The molecular formula is C17H26N4O3S3. The van der Waals surface area contributed by atoms with E-state index in [1.807, 2.05) is 13.8 Å². The second-order valence-electron chi connectivity index (χ2n) is 6.01. The van der Waals surface area contributed by atoms with Gasteiger partial charge in [0.05, 0.1) is 29.1 Å². The van der Waals surface area contributed by atoms with Crippen LogP contribution in [0.5, 0.6) is 0 Å². The Morgan fingerprint density at radius 3 is 2.74 bits per heavy atom. The number of thiophene rings is 1. The van der Waals surface area contributed by atoms with Crippen molar-refractivity contribution in [2.45, 2.75) is 37.5 Å². The van der Waals surface area contributed by atoms with Crippen LogP contribution in [-0.4, -0.2) is 56.0 Å². The minimum absolute atomic E-state index is 0.00933. The largest absolute Gasteiger partial charge is 0.390 e. The van der Waals surface area contributed by atoms with Gasteiger partial charge in [-0.1, -0.05) is 6.07 Å². The topological polar surface area (TPSA) is 104 Å². The Morgan fingerprint density at radius 1 is 1.37 bits per heavy atom. The maximum absolute atomic E-state index is 12.2. The number of rotatable bonds is 9. The second kappa shape index (κ2) is 10.2. The van der Waals surface area contributed by atoms with Gasteiger partial charge in [0.15, 0.2) is 15.8 Å². The molecule has 0 aliphatic rings. The lowest BCUT2D eigenvalue weighted by molar-refractivity contribution is 0.206. The van der Waals surface area contributed by atoms with Gasteiger partial charge in [0.1, 0.15) is 4.21 Å². The maximum Gasteiger partial charge on any atom is 0.191 e. The van der Waals surface area contributed by atoms with Crippen molar-refractivity contribution in [1.29, 1.82) is 0 Å². The van der Waals surface area contributed by atoms with Crippen LogP contribution in [0.25, 0.3) is 0 Å². The van der Waals surface area contributed by atoms with Crippen molar-refractivity contribution in [2.24, 2.45) is 4.99 Å². The van der Waals surface area contributed by atoms with Crippen LogP contribution in [0.4, 0.5) is 0 Å². The highest BCUT2D eigenvalue weighted by Gasteiger charge is 2.20. The normalized spacial score (nSPS) is 13.6. The highest BCUT2D eigenvalue weighted by molar-refractivity contribution is 7.93. The number of nitrogens with one attached hydrogen (secondary N) is 2. The summed E-state index contributed by atoms with van der Waals surface area (Å²) in [6.07, 6.45) is -0.282. The Bertz CT molecular complexity index is 825. The third kappa shape index (κ3) is 6.87. The van der Waals surface area contributed by atoms with Crippen molar-refractivity contribution in [2.75, 3.05) is 25.4 Å². The molecule has 0 saturated heterocycles. The molecule has 2 aromatic rings. The molecule has 0 fully saturated rings.